The Balaban J connectivity index is 4.36. The van der Waals surface area contributed by atoms with Crippen LogP contribution >= 0.6 is 0 Å². The first kappa shape index (κ1) is 66.9. The number of unbranched alkanes of at least 4 members (excludes halogenated alkanes) is 31. The van der Waals surface area contributed by atoms with Crippen LogP contribution in [0.5, 0.6) is 0 Å². The molecule has 1 unspecified atom stereocenters. The molecule has 0 rings (SSSR count). The SMILES string of the molecule is CC/C=C\C/C=C\C/C=C\C/C=C\C/C=C\CCCCCCCCCC(=O)OCC(COC(=O)CCCCCCCCCCCCCCC)OC(=O)CCCCCCC/C=C\CCCCCCCCC. The third kappa shape index (κ3) is 55.8. The molecule has 0 saturated carbocycles. The largest absolute Gasteiger partial charge is 0.462 e. The lowest BCUT2D eigenvalue weighted by Crippen LogP contribution is -2.30. The summed E-state index contributed by atoms with van der Waals surface area (Å²) in [6, 6.07) is 0. The van der Waals surface area contributed by atoms with Gasteiger partial charge in [0.05, 0.1) is 0 Å². The van der Waals surface area contributed by atoms with Crippen molar-refractivity contribution in [3.8, 4) is 0 Å². The van der Waals surface area contributed by atoms with Gasteiger partial charge in [-0.25, -0.2) is 0 Å². The Labute approximate surface area is 433 Å². The molecule has 6 heteroatoms. The van der Waals surface area contributed by atoms with E-state index in [0.717, 1.165) is 109 Å². The van der Waals surface area contributed by atoms with E-state index < -0.39 is 6.10 Å². The van der Waals surface area contributed by atoms with Crippen molar-refractivity contribution in [2.45, 2.75) is 303 Å². The van der Waals surface area contributed by atoms with Gasteiger partial charge in [0.25, 0.3) is 0 Å². The average Bonchev–Trinajstić information content (AvgIpc) is 3.36. The van der Waals surface area contributed by atoms with E-state index in [4.69, 9.17) is 14.2 Å². The van der Waals surface area contributed by atoms with Crippen LogP contribution in [0.25, 0.3) is 0 Å². The highest BCUT2D eigenvalue weighted by Crippen LogP contribution is 2.16. The van der Waals surface area contributed by atoms with Crippen molar-refractivity contribution in [3.63, 3.8) is 0 Å². The summed E-state index contributed by atoms with van der Waals surface area (Å²) in [6.07, 6.45) is 74.6. The summed E-state index contributed by atoms with van der Waals surface area (Å²) in [7, 11) is 0. The number of carbonyl (C=O) groups is 3. The maximum absolute atomic E-state index is 12.9. The van der Waals surface area contributed by atoms with Gasteiger partial charge in [-0.05, 0) is 89.9 Å². The van der Waals surface area contributed by atoms with Crippen molar-refractivity contribution < 1.29 is 28.6 Å². The van der Waals surface area contributed by atoms with E-state index in [1.165, 1.54) is 148 Å². The third-order valence-corrected chi connectivity index (χ3v) is 12.9. The van der Waals surface area contributed by atoms with Crippen LogP contribution in [0.3, 0.4) is 0 Å². The number of esters is 3. The van der Waals surface area contributed by atoms with Crippen molar-refractivity contribution in [2.24, 2.45) is 0 Å². The first-order valence-electron chi connectivity index (χ1n) is 29.9. The number of hydrogen-bond donors (Lipinski definition) is 0. The minimum Gasteiger partial charge on any atom is -0.462 e. The van der Waals surface area contributed by atoms with E-state index in [1.54, 1.807) is 0 Å². The topological polar surface area (TPSA) is 78.9 Å². The molecule has 0 fully saturated rings. The van der Waals surface area contributed by atoms with Crippen molar-refractivity contribution >= 4 is 17.9 Å². The van der Waals surface area contributed by atoms with Crippen molar-refractivity contribution in [1.29, 1.82) is 0 Å². The fourth-order valence-corrected chi connectivity index (χ4v) is 8.47. The first-order chi connectivity index (χ1) is 34.5. The van der Waals surface area contributed by atoms with Gasteiger partial charge in [-0.2, -0.15) is 0 Å². The van der Waals surface area contributed by atoms with Gasteiger partial charge in [-0.1, -0.05) is 261 Å². The standard InChI is InChI=1S/C64H112O6/c1-4-7-10-13-16-19-22-25-27-29-30-31-32-33-34-35-37-39-42-45-48-51-54-57-63(66)69-60-61(59-68-62(65)56-53-50-47-44-41-38-24-21-18-15-12-9-6-3)70-64(67)58-55-52-49-46-43-40-36-28-26-23-20-17-14-11-8-5-2/h7,10,16,19,25,27-28,30-31,33-34,36,61H,4-6,8-9,11-15,17-18,20-24,26,29,32,35,37-60H2,1-3H3/b10-7-,19-16-,27-25-,31-30-,34-33-,36-28-. The van der Waals surface area contributed by atoms with Crippen LogP contribution in [-0.2, 0) is 28.6 Å². The van der Waals surface area contributed by atoms with Crippen LogP contribution in [-0.4, -0.2) is 37.2 Å². The van der Waals surface area contributed by atoms with Gasteiger partial charge >= 0.3 is 17.9 Å². The molecule has 0 N–H and O–H groups in total. The van der Waals surface area contributed by atoms with E-state index in [2.05, 4.69) is 93.7 Å². The zero-order chi connectivity index (χ0) is 50.7. The van der Waals surface area contributed by atoms with Crippen molar-refractivity contribution in [1.82, 2.24) is 0 Å². The molecule has 0 saturated heterocycles. The van der Waals surface area contributed by atoms with Gasteiger partial charge < -0.3 is 14.2 Å². The predicted octanol–water partition coefficient (Wildman–Crippen LogP) is 20.2. The molecule has 70 heavy (non-hydrogen) atoms. The third-order valence-electron chi connectivity index (χ3n) is 12.9. The molecule has 0 aliphatic carbocycles. The molecule has 0 aromatic heterocycles. The van der Waals surface area contributed by atoms with Crippen LogP contribution in [0.4, 0.5) is 0 Å². The molecule has 1 atom stereocenters. The lowest BCUT2D eigenvalue weighted by molar-refractivity contribution is -0.167. The molecule has 6 nitrogen and oxygen atoms in total. The number of rotatable bonds is 54. The van der Waals surface area contributed by atoms with Gasteiger partial charge in [0.1, 0.15) is 13.2 Å². The Morgan fingerprint density at radius 3 is 0.886 bits per heavy atom. The fourth-order valence-electron chi connectivity index (χ4n) is 8.47. The van der Waals surface area contributed by atoms with Crippen molar-refractivity contribution in [3.05, 3.63) is 72.9 Å². The van der Waals surface area contributed by atoms with E-state index in [-0.39, 0.29) is 31.1 Å². The predicted molar refractivity (Wildman–Crippen MR) is 302 cm³/mol. The van der Waals surface area contributed by atoms with Crippen LogP contribution in [0.15, 0.2) is 72.9 Å². The minimum atomic E-state index is -0.783. The van der Waals surface area contributed by atoms with Crippen molar-refractivity contribution in [2.75, 3.05) is 13.2 Å². The summed E-state index contributed by atoms with van der Waals surface area (Å²) in [6.45, 7) is 6.53. The Morgan fingerprint density at radius 2 is 0.557 bits per heavy atom. The molecule has 0 radical (unpaired) electrons. The van der Waals surface area contributed by atoms with Gasteiger partial charge in [-0.3, -0.25) is 14.4 Å². The zero-order valence-electron chi connectivity index (χ0n) is 46.3. The summed E-state index contributed by atoms with van der Waals surface area (Å²) >= 11 is 0. The number of ether oxygens (including phenoxy) is 3. The highest BCUT2D eigenvalue weighted by Gasteiger charge is 2.19. The second kappa shape index (κ2) is 58.4. The Hall–Kier alpha value is -3.15. The normalized spacial score (nSPS) is 12.6. The van der Waals surface area contributed by atoms with Crippen LogP contribution < -0.4 is 0 Å². The lowest BCUT2D eigenvalue weighted by Gasteiger charge is -2.18. The fraction of sp³-hybridized carbons (Fsp3) is 0.766. The molecule has 0 aromatic carbocycles. The van der Waals surface area contributed by atoms with Crippen LogP contribution in [0.1, 0.15) is 297 Å². The molecule has 0 amide bonds. The summed E-state index contributed by atoms with van der Waals surface area (Å²) in [5.41, 5.74) is 0. The molecule has 0 heterocycles. The summed E-state index contributed by atoms with van der Waals surface area (Å²) < 4.78 is 16.9. The van der Waals surface area contributed by atoms with Crippen LogP contribution in [0.2, 0.25) is 0 Å². The first-order valence-corrected chi connectivity index (χ1v) is 29.9. The second-order valence-corrected chi connectivity index (χ2v) is 19.9. The molecule has 0 aliphatic rings. The quantitative estimate of drug-likeness (QED) is 0.0261. The van der Waals surface area contributed by atoms with Gasteiger partial charge in [-0.15, -0.1) is 0 Å². The Kier molecular flexibility index (Phi) is 55.8. The summed E-state index contributed by atoms with van der Waals surface area (Å²) in [4.78, 5) is 38.2. The molecular formula is C64H112O6. The molecular weight excluding hydrogens is 865 g/mol. The van der Waals surface area contributed by atoms with Crippen LogP contribution in [0, 0.1) is 0 Å². The second-order valence-electron chi connectivity index (χ2n) is 19.9. The summed E-state index contributed by atoms with van der Waals surface area (Å²) in [5.74, 6) is -0.888. The zero-order valence-corrected chi connectivity index (χ0v) is 46.3. The summed E-state index contributed by atoms with van der Waals surface area (Å²) in [5, 5.41) is 0. The number of allylic oxidation sites excluding steroid dienone is 12. The average molecular weight is 978 g/mol. The van der Waals surface area contributed by atoms with E-state index in [1.807, 2.05) is 0 Å². The van der Waals surface area contributed by atoms with E-state index in [0.29, 0.717) is 19.3 Å². The maximum Gasteiger partial charge on any atom is 0.306 e. The van der Waals surface area contributed by atoms with Gasteiger partial charge in [0.15, 0.2) is 6.10 Å². The molecule has 0 aromatic rings. The highest BCUT2D eigenvalue weighted by molar-refractivity contribution is 5.71. The number of carbonyl (C=O) groups excluding carboxylic acids is 3. The Morgan fingerprint density at radius 1 is 0.300 bits per heavy atom. The van der Waals surface area contributed by atoms with Gasteiger partial charge in [0.2, 0.25) is 0 Å². The molecule has 404 valence electrons. The maximum atomic E-state index is 12.9. The molecule has 0 aliphatic heterocycles. The molecule has 0 bridgehead atoms. The van der Waals surface area contributed by atoms with Gasteiger partial charge in [0, 0.05) is 19.3 Å². The molecule has 0 spiro atoms. The smallest absolute Gasteiger partial charge is 0.306 e. The lowest BCUT2D eigenvalue weighted by atomic mass is 10.0. The Bertz CT molecular complexity index is 1310. The highest BCUT2D eigenvalue weighted by atomic mass is 16.6. The van der Waals surface area contributed by atoms with E-state index >= 15 is 0 Å². The van der Waals surface area contributed by atoms with E-state index in [9.17, 15) is 14.4 Å². The monoisotopic (exact) mass is 977 g/mol. The number of hydrogen-bond acceptors (Lipinski definition) is 6. The minimum absolute atomic E-state index is 0.0795.